The minimum absolute atomic E-state index is 1.07. The molecule has 0 aromatic heterocycles. The molecule has 0 unspecified atom stereocenters. The average molecular weight is 152 g/mol. The zero-order chi connectivity index (χ0) is 7.72. The van der Waals surface area contributed by atoms with E-state index in [1.54, 1.807) is 10.9 Å². The molecule has 10 heavy (non-hydrogen) atoms. The van der Waals surface area contributed by atoms with E-state index in [1.807, 2.05) is 0 Å². The molecule has 3 nitrogen and oxygen atoms in total. The number of hydrogen-bond acceptors (Lipinski definition) is 3. The number of halogens is 3. The quantitative estimate of drug-likeness (QED) is 0.452. The molecule has 0 spiro atoms. The summed E-state index contributed by atoms with van der Waals surface area (Å²) in [5.74, 6) is -5.94. The maximum Gasteiger partial charge on any atom is 0.244 e. The van der Waals surface area contributed by atoms with E-state index in [1.165, 1.54) is 0 Å². The smallest absolute Gasteiger partial charge is 0.244 e. The van der Waals surface area contributed by atoms with Gasteiger partial charge in [0.05, 0.1) is 0 Å². The number of rotatable bonds is 0. The number of allylic oxidation sites excluding steroid dienone is 2. The predicted octanol–water partition coefficient (Wildman–Crippen LogP) is 0.899. The third-order valence-electron chi connectivity index (χ3n) is 0.884. The van der Waals surface area contributed by atoms with Crippen LogP contribution < -0.4 is 10.9 Å². The SMILES string of the molecule is OC1=C(F)C(F)=C(F)NN1. The second-order valence-electron chi connectivity index (χ2n) is 1.54. The second kappa shape index (κ2) is 2.13. The van der Waals surface area contributed by atoms with E-state index < -0.39 is 23.5 Å². The van der Waals surface area contributed by atoms with Gasteiger partial charge < -0.3 is 5.11 Å². The van der Waals surface area contributed by atoms with Gasteiger partial charge in [-0.2, -0.15) is 13.2 Å². The molecule has 0 atom stereocenters. The number of hydrazine groups is 1. The van der Waals surface area contributed by atoms with Crippen LogP contribution in [0.2, 0.25) is 0 Å². The van der Waals surface area contributed by atoms with Crippen LogP contribution in [0.5, 0.6) is 0 Å². The van der Waals surface area contributed by atoms with Crippen molar-refractivity contribution in [2.24, 2.45) is 0 Å². The third-order valence-corrected chi connectivity index (χ3v) is 0.884. The monoisotopic (exact) mass is 152 g/mol. The van der Waals surface area contributed by atoms with Crippen molar-refractivity contribution in [1.82, 2.24) is 10.9 Å². The molecule has 0 aliphatic carbocycles. The molecule has 1 heterocycles. The van der Waals surface area contributed by atoms with Gasteiger partial charge in [-0.1, -0.05) is 0 Å². The van der Waals surface area contributed by atoms with Crippen LogP contribution >= 0.6 is 0 Å². The van der Waals surface area contributed by atoms with Crippen molar-refractivity contribution in [3.05, 3.63) is 23.5 Å². The van der Waals surface area contributed by atoms with Crippen molar-refractivity contribution in [2.45, 2.75) is 0 Å². The zero-order valence-electron chi connectivity index (χ0n) is 4.58. The largest absolute Gasteiger partial charge is 0.492 e. The van der Waals surface area contributed by atoms with Crippen molar-refractivity contribution in [2.75, 3.05) is 0 Å². The van der Waals surface area contributed by atoms with Crippen molar-refractivity contribution >= 4 is 0 Å². The van der Waals surface area contributed by atoms with Crippen molar-refractivity contribution in [3.8, 4) is 0 Å². The Hall–Kier alpha value is -1.33. The number of nitrogens with one attached hydrogen (secondary N) is 2. The minimum atomic E-state index is -1.74. The molecular formula is C4H3F3N2O. The van der Waals surface area contributed by atoms with Gasteiger partial charge in [0.2, 0.25) is 23.5 Å². The fourth-order valence-corrected chi connectivity index (χ4v) is 0.424. The molecule has 0 saturated heterocycles. The summed E-state index contributed by atoms with van der Waals surface area (Å²) in [6.45, 7) is 0. The van der Waals surface area contributed by atoms with Gasteiger partial charge in [0.15, 0.2) is 0 Å². The topological polar surface area (TPSA) is 44.3 Å². The number of aliphatic hydroxyl groups is 1. The first-order chi connectivity index (χ1) is 4.63. The normalized spacial score (nSPS) is 18.7. The Balaban J connectivity index is 3.01. The minimum Gasteiger partial charge on any atom is -0.492 e. The van der Waals surface area contributed by atoms with Crippen LogP contribution in [-0.2, 0) is 0 Å². The van der Waals surface area contributed by atoms with Gasteiger partial charge in [0, 0.05) is 0 Å². The summed E-state index contributed by atoms with van der Waals surface area (Å²) in [7, 11) is 0. The Morgan fingerprint density at radius 1 is 1.00 bits per heavy atom. The Kier molecular flexibility index (Phi) is 1.44. The van der Waals surface area contributed by atoms with Crippen molar-refractivity contribution < 1.29 is 18.3 Å². The standard InChI is InChI=1S/C4H3F3N2O/c5-1-2(6)4(10)9-8-3(1)7/h8-10H. The maximum atomic E-state index is 12.1. The van der Waals surface area contributed by atoms with E-state index in [4.69, 9.17) is 5.11 Å². The maximum absolute atomic E-state index is 12.1. The van der Waals surface area contributed by atoms with E-state index in [0.29, 0.717) is 0 Å². The zero-order valence-corrected chi connectivity index (χ0v) is 4.58. The van der Waals surface area contributed by atoms with Crippen LogP contribution in [0.3, 0.4) is 0 Å². The first kappa shape index (κ1) is 6.79. The summed E-state index contributed by atoms with van der Waals surface area (Å²) in [5.41, 5.74) is 3.20. The molecule has 0 aromatic carbocycles. The Labute approximate surface area is 53.8 Å². The number of hydrogen-bond donors (Lipinski definition) is 3. The molecule has 0 bridgehead atoms. The van der Waals surface area contributed by atoms with E-state index in [9.17, 15) is 13.2 Å². The van der Waals surface area contributed by atoms with Gasteiger partial charge in [-0.15, -0.1) is 0 Å². The molecule has 1 aliphatic rings. The first-order valence-corrected chi connectivity index (χ1v) is 2.29. The van der Waals surface area contributed by atoms with Crippen LogP contribution in [0, 0.1) is 0 Å². The summed E-state index contributed by atoms with van der Waals surface area (Å²) >= 11 is 0. The summed E-state index contributed by atoms with van der Waals surface area (Å²) in [5, 5.41) is 8.36. The lowest BCUT2D eigenvalue weighted by Crippen LogP contribution is -2.33. The highest BCUT2D eigenvalue weighted by Gasteiger charge is 2.21. The average Bonchev–Trinajstić information content (AvgIpc) is 1.93. The second-order valence-corrected chi connectivity index (χ2v) is 1.54. The lowest BCUT2D eigenvalue weighted by atomic mass is 10.4. The lowest BCUT2D eigenvalue weighted by Gasteiger charge is -2.12. The van der Waals surface area contributed by atoms with Crippen LogP contribution in [0.4, 0.5) is 13.2 Å². The molecule has 56 valence electrons. The first-order valence-electron chi connectivity index (χ1n) is 2.29. The van der Waals surface area contributed by atoms with Crippen LogP contribution in [0.15, 0.2) is 23.5 Å². The molecule has 0 radical (unpaired) electrons. The Bertz CT molecular complexity index is 199. The van der Waals surface area contributed by atoms with Gasteiger partial charge >= 0.3 is 0 Å². The summed E-state index contributed by atoms with van der Waals surface area (Å²) < 4.78 is 36.1. The molecule has 0 fully saturated rings. The fraction of sp³-hybridized carbons (Fsp3) is 0. The van der Waals surface area contributed by atoms with Gasteiger partial charge in [-0.05, 0) is 0 Å². The van der Waals surface area contributed by atoms with Gasteiger partial charge in [-0.3, -0.25) is 10.9 Å². The van der Waals surface area contributed by atoms with Crippen LogP contribution in [-0.4, -0.2) is 5.11 Å². The van der Waals surface area contributed by atoms with E-state index in [2.05, 4.69) is 0 Å². The molecular weight excluding hydrogens is 149 g/mol. The highest BCUT2D eigenvalue weighted by atomic mass is 19.2. The highest BCUT2D eigenvalue weighted by molar-refractivity contribution is 5.25. The molecule has 1 rings (SSSR count). The Morgan fingerprint density at radius 2 is 1.60 bits per heavy atom. The Morgan fingerprint density at radius 3 is 2.10 bits per heavy atom. The molecule has 1 aliphatic heterocycles. The predicted molar refractivity (Wildman–Crippen MR) is 26.3 cm³/mol. The summed E-state index contributed by atoms with van der Waals surface area (Å²) in [6.07, 6.45) is 0. The molecule has 0 amide bonds. The van der Waals surface area contributed by atoms with Crippen molar-refractivity contribution in [3.63, 3.8) is 0 Å². The highest BCUT2D eigenvalue weighted by Crippen LogP contribution is 2.21. The fourth-order valence-electron chi connectivity index (χ4n) is 0.424. The van der Waals surface area contributed by atoms with E-state index >= 15 is 0 Å². The summed E-state index contributed by atoms with van der Waals surface area (Å²) in [4.78, 5) is 0. The van der Waals surface area contributed by atoms with Crippen LogP contribution in [0.25, 0.3) is 0 Å². The van der Waals surface area contributed by atoms with Gasteiger partial charge in [-0.25, -0.2) is 0 Å². The molecule has 6 heteroatoms. The van der Waals surface area contributed by atoms with E-state index in [0.717, 1.165) is 0 Å². The number of aliphatic hydroxyl groups excluding tert-OH is 1. The van der Waals surface area contributed by atoms with E-state index in [-0.39, 0.29) is 0 Å². The molecule has 0 aromatic rings. The lowest BCUT2D eigenvalue weighted by molar-refractivity contribution is 0.283. The van der Waals surface area contributed by atoms with Gasteiger partial charge in [0.1, 0.15) is 0 Å². The summed E-state index contributed by atoms with van der Waals surface area (Å²) in [6, 6.07) is 0. The van der Waals surface area contributed by atoms with Gasteiger partial charge in [0.25, 0.3) is 0 Å². The molecule has 0 saturated carbocycles. The van der Waals surface area contributed by atoms with Crippen molar-refractivity contribution in [1.29, 1.82) is 0 Å². The molecule has 3 N–H and O–H groups in total. The third kappa shape index (κ3) is 0.873. The van der Waals surface area contributed by atoms with Crippen LogP contribution in [0.1, 0.15) is 0 Å².